The van der Waals surface area contributed by atoms with Gasteiger partial charge in [0.05, 0.1) is 6.42 Å². The fraction of sp³-hybridized carbons (Fsp3) is 0.580. The predicted octanol–water partition coefficient (Wildman–Crippen LogP) is 20.5. The summed E-state index contributed by atoms with van der Waals surface area (Å²) in [6, 6.07) is 0. The Morgan fingerprint density at radius 2 is 0.587 bits per heavy atom. The van der Waals surface area contributed by atoms with Crippen LogP contribution in [-0.4, -0.2) is 37.2 Å². The average Bonchev–Trinajstić information content (AvgIpc) is 3.41. The van der Waals surface area contributed by atoms with Crippen LogP contribution in [0.5, 0.6) is 0 Å². The molecular formula is C69H108O6. The monoisotopic (exact) mass is 1030 g/mol. The molecule has 0 aromatic rings. The van der Waals surface area contributed by atoms with Gasteiger partial charge in [-0.3, -0.25) is 14.4 Å². The van der Waals surface area contributed by atoms with Crippen molar-refractivity contribution in [3.05, 3.63) is 158 Å². The van der Waals surface area contributed by atoms with Crippen LogP contribution in [0.15, 0.2) is 158 Å². The quantitative estimate of drug-likeness (QED) is 0.0261. The molecule has 0 aromatic heterocycles. The molecular weight excluding hydrogens is 925 g/mol. The first kappa shape index (κ1) is 70.0. The van der Waals surface area contributed by atoms with E-state index in [9.17, 15) is 14.4 Å². The zero-order valence-corrected chi connectivity index (χ0v) is 48.0. The number of ether oxygens (including phenoxy) is 3. The highest BCUT2D eigenvalue weighted by Crippen LogP contribution is 2.14. The van der Waals surface area contributed by atoms with E-state index in [1.165, 1.54) is 89.9 Å². The molecule has 0 aliphatic heterocycles. The van der Waals surface area contributed by atoms with Crippen LogP contribution >= 0.6 is 0 Å². The van der Waals surface area contributed by atoms with Crippen molar-refractivity contribution in [1.29, 1.82) is 0 Å². The highest BCUT2D eigenvalue weighted by Gasteiger charge is 2.19. The fourth-order valence-electron chi connectivity index (χ4n) is 7.62. The van der Waals surface area contributed by atoms with Crippen LogP contribution in [0, 0.1) is 0 Å². The lowest BCUT2D eigenvalue weighted by Crippen LogP contribution is -2.30. The van der Waals surface area contributed by atoms with Crippen molar-refractivity contribution in [2.24, 2.45) is 0 Å². The zero-order chi connectivity index (χ0) is 54.3. The van der Waals surface area contributed by atoms with Gasteiger partial charge in [0.2, 0.25) is 0 Å². The van der Waals surface area contributed by atoms with Gasteiger partial charge in [-0.1, -0.05) is 256 Å². The molecule has 75 heavy (non-hydrogen) atoms. The van der Waals surface area contributed by atoms with Gasteiger partial charge in [0.1, 0.15) is 13.2 Å². The van der Waals surface area contributed by atoms with Gasteiger partial charge in [0.25, 0.3) is 0 Å². The van der Waals surface area contributed by atoms with Crippen molar-refractivity contribution in [1.82, 2.24) is 0 Å². The van der Waals surface area contributed by atoms with E-state index in [2.05, 4.69) is 167 Å². The van der Waals surface area contributed by atoms with Crippen molar-refractivity contribution in [3.8, 4) is 0 Å². The van der Waals surface area contributed by atoms with E-state index in [-0.39, 0.29) is 44.4 Å². The molecule has 1 unspecified atom stereocenters. The lowest BCUT2D eigenvalue weighted by atomic mass is 10.1. The molecule has 0 aliphatic carbocycles. The first-order valence-corrected chi connectivity index (χ1v) is 30.0. The summed E-state index contributed by atoms with van der Waals surface area (Å²) in [5, 5.41) is 0. The summed E-state index contributed by atoms with van der Waals surface area (Å²) >= 11 is 0. The van der Waals surface area contributed by atoms with Crippen LogP contribution in [0.2, 0.25) is 0 Å². The summed E-state index contributed by atoms with van der Waals surface area (Å²) in [4.78, 5) is 38.2. The summed E-state index contributed by atoms with van der Waals surface area (Å²) in [5.41, 5.74) is 0. The molecule has 0 spiro atoms. The molecule has 0 aromatic carbocycles. The predicted molar refractivity (Wildman–Crippen MR) is 325 cm³/mol. The molecule has 0 radical (unpaired) electrons. The minimum atomic E-state index is -0.851. The SMILES string of the molecule is CC/C=C\C/C=C\C/C=C\C/C=C\C/C=C\C/C=C\C/C=C\CCCC(=O)OCC(COC(=O)C/C=C\C/C=C\C/C=C\C/C=C\C/C=C\CC)OC(=O)CCCCCCCCCCC/C=C\CCCCCCCC. The number of allylic oxidation sites excluding steroid dienone is 25. The van der Waals surface area contributed by atoms with Crippen LogP contribution in [-0.2, 0) is 28.6 Å². The molecule has 0 aliphatic rings. The van der Waals surface area contributed by atoms with Crippen molar-refractivity contribution >= 4 is 17.9 Å². The molecule has 0 saturated heterocycles. The second kappa shape index (κ2) is 61.6. The number of esters is 3. The maximum absolute atomic E-state index is 12.9. The van der Waals surface area contributed by atoms with Crippen LogP contribution in [0.1, 0.15) is 239 Å². The number of carbonyl (C=O) groups excluding carboxylic acids is 3. The van der Waals surface area contributed by atoms with E-state index in [1.54, 1.807) is 6.08 Å². The molecule has 0 fully saturated rings. The third-order valence-electron chi connectivity index (χ3n) is 12.0. The summed E-state index contributed by atoms with van der Waals surface area (Å²) in [5.74, 6) is -1.14. The highest BCUT2D eigenvalue weighted by molar-refractivity contribution is 5.72. The van der Waals surface area contributed by atoms with Gasteiger partial charge >= 0.3 is 17.9 Å². The van der Waals surface area contributed by atoms with E-state index < -0.39 is 12.1 Å². The van der Waals surface area contributed by atoms with E-state index in [1.807, 2.05) is 6.08 Å². The molecule has 0 saturated carbocycles. The van der Waals surface area contributed by atoms with E-state index in [4.69, 9.17) is 14.2 Å². The van der Waals surface area contributed by atoms with Crippen LogP contribution in [0.3, 0.4) is 0 Å². The Morgan fingerprint density at radius 1 is 0.293 bits per heavy atom. The van der Waals surface area contributed by atoms with Crippen LogP contribution in [0.4, 0.5) is 0 Å². The second-order valence-electron chi connectivity index (χ2n) is 19.2. The summed E-state index contributed by atoms with van der Waals surface area (Å²) < 4.78 is 16.7. The van der Waals surface area contributed by atoms with Crippen LogP contribution < -0.4 is 0 Å². The molecule has 0 rings (SSSR count). The summed E-state index contributed by atoms with van der Waals surface area (Å²) in [7, 11) is 0. The Balaban J connectivity index is 4.59. The lowest BCUT2D eigenvalue weighted by molar-refractivity contribution is -0.166. The molecule has 6 nitrogen and oxygen atoms in total. The van der Waals surface area contributed by atoms with Gasteiger partial charge in [-0.2, -0.15) is 0 Å². The van der Waals surface area contributed by atoms with Gasteiger partial charge < -0.3 is 14.2 Å². The number of rotatable bonds is 52. The molecule has 0 heterocycles. The van der Waals surface area contributed by atoms with Crippen molar-refractivity contribution in [2.75, 3.05) is 13.2 Å². The average molecular weight is 1030 g/mol. The Hall–Kier alpha value is -4.97. The molecule has 0 bridgehead atoms. The van der Waals surface area contributed by atoms with Gasteiger partial charge in [-0.05, 0) is 122 Å². The Bertz CT molecular complexity index is 1710. The molecule has 420 valence electrons. The largest absolute Gasteiger partial charge is 0.462 e. The summed E-state index contributed by atoms with van der Waals surface area (Å²) in [6.45, 7) is 6.26. The topological polar surface area (TPSA) is 78.9 Å². The van der Waals surface area contributed by atoms with Crippen molar-refractivity contribution < 1.29 is 28.6 Å². The van der Waals surface area contributed by atoms with Crippen LogP contribution in [0.25, 0.3) is 0 Å². The van der Waals surface area contributed by atoms with Crippen molar-refractivity contribution in [3.63, 3.8) is 0 Å². The smallest absolute Gasteiger partial charge is 0.309 e. The Labute approximate surface area is 460 Å². The zero-order valence-electron chi connectivity index (χ0n) is 48.0. The van der Waals surface area contributed by atoms with Gasteiger partial charge in [0, 0.05) is 12.8 Å². The molecule has 6 heteroatoms. The standard InChI is InChI=1S/C69H108O6/c1-4-7-10-13-16-19-22-25-28-30-32-33-34-35-37-38-41-44-47-50-53-56-59-62-68(71)74-65-66(64-73-67(70)61-58-55-52-49-46-43-40-27-24-21-18-15-12-9-6-3)75-69(72)63-60-57-54-51-48-45-42-39-36-31-29-26-23-20-17-14-11-8-5-2/h7,9-10,12,16,18-19,21,25-29,32-33,35,37,40-41,44,46,49-50,53,55,58,66H,4-6,8,11,13-15,17,20,22-24,30-31,34,36,38-39,42-43,45,47-48,51-52,54,56-57,59-65H2,1-3H3/b10-7-,12-9-,19-16-,21-18-,28-25-,29-26-,33-32-,37-35-,40-27-,44-41-,49-46-,53-50-,58-55-. The lowest BCUT2D eigenvalue weighted by Gasteiger charge is -2.18. The highest BCUT2D eigenvalue weighted by atomic mass is 16.6. The van der Waals surface area contributed by atoms with E-state index in [0.717, 1.165) is 103 Å². The third-order valence-corrected chi connectivity index (χ3v) is 12.0. The second-order valence-corrected chi connectivity index (χ2v) is 19.2. The van der Waals surface area contributed by atoms with Gasteiger partial charge in [-0.25, -0.2) is 0 Å². The Morgan fingerprint density at radius 3 is 0.987 bits per heavy atom. The number of unbranched alkanes of at least 4 members (excludes halogenated alkanes) is 16. The minimum Gasteiger partial charge on any atom is -0.462 e. The number of hydrogen-bond acceptors (Lipinski definition) is 6. The minimum absolute atomic E-state index is 0.109. The third kappa shape index (κ3) is 59.8. The van der Waals surface area contributed by atoms with Gasteiger partial charge in [0.15, 0.2) is 6.10 Å². The normalized spacial score (nSPS) is 13.3. The first-order valence-electron chi connectivity index (χ1n) is 30.0. The Kier molecular flexibility index (Phi) is 57.5. The molecule has 0 N–H and O–H groups in total. The first-order chi connectivity index (χ1) is 37.0. The fourth-order valence-corrected chi connectivity index (χ4v) is 7.62. The van der Waals surface area contributed by atoms with E-state index >= 15 is 0 Å². The summed E-state index contributed by atoms with van der Waals surface area (Å²) in [6.07, 6.45) is 89.8. The number of hydrogen-bond donors (Lipinski definition) is 0. The maximum Gasteiger partial charge on any atom is 0.309 e. The van der Waals surface area contributed by atoms with E-state index in [0.29, 0.717) is 6.42 Å². The molecule has 0 amide bonds. The van der Waals surface area contributed by atoms with Crippen molar-refractivity contribution in [2.45, 2.75) is 245 Å². The molecule has 1 atom stereocenters. The number of carbonyl (C=O) groups is 3. The maximum atomic E-state index is 12.9. The van der Waals surface area contributed by atoms with Gasteiger partial charge in [-0.15, -0.1) is 0 Å².